The van der Waals surface area contributed by atoms with Crippen LogP contribution in [0.2, 0.25) is 0 Å². The molecule has 0 amide bonds. The van der Waals surface area contributed by atoms with E-state index < -0.39 is 21.4 Å². The van der Waals surface area contributed by atoms with Crippen molar-refractivity contribution in [1.29, 1.82) is 0 Å². The second kappa shape index (κ2) is 6.71. The topological polar surface area (TPSA) is 102 Å². The number of nitrogens with two attached hydrogens (primary N) is 1. The summed E-state index contributed by atoms with van der Waals surface area (Å²) in [7, 11) is -2.28. The molecule has 3 rings (SSSR count). The molecule has 0 spiro atoms. The molecule has 26 heavy (non-hydrogen) atoms. The zero-order valence-corrected chi connectivity index (χ0v) is 15.9. The molecule has 2 aromatic rings. The summed E-state index contributed by atoms with van der Waals surface area (Å²) in [5.74, 6) is -0.376. The van der Waals surface area contributed by atoms with Gasteiger partial charge in [0.05, 0.1) is 16.0 Å². The van der Waals surface area contributed by atoms with Gasteiger partial charge in [-0.05, 0) is 44.9 Å². The molecule has 7 nitrogen and oxygen atoms in total. The third kappa shape index (κ3) is 3.26. The Kier molecular flexibility index (Phi) is 4.89. The van der Waals surface area contributed by atoms with Crippen LogP contribution in [-0.2, 0) is 15.6 Å². The molecule has 9 heteroatoms. The van der Waals surface area contributed by atoms with Gasteiger partial charge in [-0.1, -0.05) is 18.0 Å². The second-order valence-electron chi connectivity index (χ2n) is 7.04. The van der Waals surface area contributed by atoms with Crippen molar-refractivity contribution in [2.24, 2.45) is 5.73 Å². The van der Waals surface area contributed by atoms with Gasteiger partial charge < -0.3 is 10.3 Å². The Morgan fingerprint density at radius 3 is 2.58 bits per heavy atom. The van der Waals surface area contributed by atoms with Crippen LogP contribution >= 0.6 is 0 Å². The van der Waals surface area contributed by atoms with Gasteiger partial charge in [-0.25, -0.2) is 12.8 Å². The maximum absolute atomic E-state index is 14.3. The number of aromatic nitrogens is 2. The normalized spacial score (nSPS) is 17.3. The van der Waals surface area contributed by atoms with Crippen molar-refractivity contribution in [1.82, 2.24) is 14.4 Å². The zero-order valence-electron chi connectivity index (χ0n) is 15.1. The third-order valence-corrected chi connectivity index (χ3v) is 6.97. The van der Waals surface area contributed by atoms with Crippen molar-refractivity contribution in [3.63, 3.8) is 0 Å². The van der Waals surface area contributed by atoms with Crippen molar-refractivity contribution >= 4 is 10.0 Å². The maximum Gasteiger partial charge on any atom is 0.261 e. The Hall–Kier alpha value is -1.84. The van der Waals surface area contributed by atoms with Crippen LogP contribution in [0.4, 0.5) is 4.39 Å². The van der Waals surface area contributed by atoms with E-state index in [0.29, 0.717) is 5.82 Å². The summed E-state index contributed by atoms with van der Waals surface area (Å²) in [4.78, 5) is 4.21. The first-order valence-electron chi connectivity index (χ1n) is 8.56. The van der Waals surface area contributed by atoms with Crippen molar-refractivity contribution in [3.05, 3.63) is 29.8 Å². The molecule has 1 fully saturated rings. The fourth-order valence-electron chi connectivity index (χ4n) is 3.04. The molecule has 0 bridgehead atoms. The minimum absolute atomic E-state index is 0.0341. The molecule has 142 valence electrons. The van der Waals surface area contributed by atoms with Crippen LogP contribution in [0.25, 0.3) is 11.5 Å². The molecule has 0 radical (unpaired) electrons. The van der Waals surface area contributed by atoms with Gasteiger partial charge in [0.1, 0.15) is 5.82 Å². The van der Waals surface area contributed by atoms with E-state index in [1.54, 1.807) is 13.8 Å². The van der Waals surface area contributed by atoms with Gasteiger partial charge in [0.15, 0.2) is 5.82 Å². The molecule has 1 aromatic heterocycles. The lowest BCUT2D eigenvalue weighted by Gasteiger charge is -2.21. The lowest BCUT2D eigenvalue weighted by atomic mass is 9.99. The summed E-state index contributed by atoms with van der Waals surface area (Å²) in [6.07, 6.45) is 3.43. The van der Waals surface area contributed by atoms with Crippen LogP contribution < -0.4 is 5.73 Å². The molecule has 2 N–H and O–H groups in total. The van der Waals surface area contributed by atoms with E-state index in [4.69, 9.17) is 10.3 Å². The van der Waals surface area contributed by atoms with Crippen LogP contribution in [0.1, 0.15) is 45.4 Å². The SMILES string of the molecule is CC(C)N(C)S(=O)(=O)c1ccc(F)c(-c2nc(C3(N)CCCC3)no2)c1. The number of halogens is 1. The fourth-order valence-corrected chi connectivity index (χ4v) is 4.43. The summed E-state index contributed by atoms with van der Waals surface area (Å²) in [5.41, 5.74) is 5.58. The standard InChI is InChI=1S/C17H23FN4O3S/c1-11(2)22(3)26(23,24)12-6-7-14(18)13(10-12)15-20-16(21-25-15)17(19)8-4-5-9-17/h6-7,10-11H,4-5,8-9,19H2,1-3H3. The summed E-state index contributed by atoms with van der Waals surface area (Å²) in [6.45, 7) is 3.52. The van der Waals surface area contributed by atoms with Crippen molar-refractivity contribution in [3.8, 4) is 11.5 Å². The van der Waals surface area contributed by atoms with E-state index in [0.717, 1.165) is 31.7 Å². The average Bonchev–Trinajstić information content (AvgIpc) is 3.24. The van der Waals surface area contributed by atoms with Gasteiger partial charge >= 0.3 is 0 Å². The Morgan fingerprint density at radius 2 is 1.96 bits per heavy atom. The minimum Gasteiger partial charge on any atom is -0.334 e. The molecular formula is C17H23FN4O3S. The monoisotopic (exact) mass is 382 g/mol. The molecule has 0 aliphatic heterocycles. The molecule has 0 saturated heterocycles. The molecule has 1 aliphatic rings. The maximum atomic E-state index is 14.3. The zero-order chi connectivity index (χ0) is 19.1. The van der Waals surface area contributed by atoms with Crippen molar-refractivity contribution < 1.29 is 17.3 Å². The van der Waals surface area contributed by atoms with Gasteiger partial charge in [-0.2, -0.15) is 9.29 Å². The number of hydrogen-bond acceptors (Lipinski definition) is 6. The number of benzene rings is 1. The second-order valence-corrected chi connectivity index (χ2v) is 9.04. The Morgan fingerprint density at radius 1 is 1.31 bits per heavy atom. The highest BCUT2D eigenvalue weighted by atomic mass is 32.2. The molecule has 1 aliphatic carbocycles. The lowest BCUT2D eigenvalue weighted by molar-refractivity contribution is 0.372. The van der Waals surface area contributed by atoms with Gasteiger partial charge in [0.25, 0.3) is 5.89 Å². The molecule has 1 heterocycles. The molecule has 0 unspecified atom stereocenters. The summed E-state index contributed by atoms with van der Waals surface area (Å²) >= 11 is 0. The van der Waals surface area contributed by atoms with E-state index in [1.165, 1.54) is 23.5 Å². The minimum atomic E-state index is -3.75. The van der Waals surface area contributed by atoms with Gasteiger partial charge in [0.2, 0.25) is 10.0 Å². The number of rotatable bonds is 5. The van der Waals surface area contributed by atoms with Crippen LogP contribution in [-0.4, -0.2) is 36.0 Å². The Balaban J connectivity index is 2.01. The number of hydrogen-bond donors (Lipinski definition) is 1. The van der Waals surface area contributed by atoms with Crippen LogP contribution in [0.15, 0.2) is 27.6 Å². The molecule has 1 saturated carbocycles. The predicted octanol–water partition coefficient (Wildman–Crippen LogP) is 2.63. The highest BCUT2D eigenvalue weighted by molar-refractivity contribution is 7.89. The Labute approximate surface area is 152 Å². The van der Waals surface area contributed by atoms with Crippen molar-refractivity contribution in [2.75, 3.05) is 7.05 Å². The fraction of sp³-hybridized carbons (Fsp3) is 0.529. The lowest BCUT2D eigenvalue weighted by Crippen LogP contribution is -2.34. The molecular weight excluding hydrogens is 359 g/mol. The van der Waals surface area contributed by atoms with E-state index in [9.17, 15) is 12.8 Å². The number of sulfonamides is 1. The first-order valence-corrected chi connectivity index (χ1v) is 10.0. The highest BCUT2D eigenvalue weighted by Gasteiger charge is 2.36. The Bertz CT molecular complexity index is 904. The largest absolute Gasteiger partial charge is 0.334 e. The van der Waals surface area contributed by atoms with Crippen molar-refractivity contribution in [2.45, 2.75) is 56.0 Å². The van der Waals surface area contributed by atoms with E-state index >= 15 is 0 Å². The van der Waals surface area contributed by atoms with Gasteiger partial charge in [0, 0.05) is 13.1 Å². The number of nitrogens with zero attached hydrogens (tertiary/aromatic N) is 3. The van der Waals surface area contributed by atoms with E-state index in [2.05, 4.69) is 10.1 Å². The van der Waals surface area contributed by atoms with Gasteiger partial charge in [-0.15, -0.1) is 0 Å². The first-order chi connectivity index (χ1) is 12.1. The average molecular weight is 382 g/mol. The van der Waals surface area contributed by atoms with Gasteiger partial charge in [-0.3, -0.25) is 0 Å². The quantitative estimate of drug-likeness (QED) is 0.853. The third-order valence-electron chi connectivity index (χ3n) is 4.94. The van der Waals surface area contributed by atoms with Crippen LogP contribution in [0.3, 0.4) is 0 Å². The summed E-state index contributed by atoms with van der Waals surface area (Å²) < 4.78 is 46.0. The van der Waals surface area contributed by atoms with E-state index in [-0.39, 0.29) is 22.4 Å². The summed E-state index contributed by atoms with van der Waals surface area (Å²) in [5, 5.41) is 3.90. The highest BCUT2D eigenvalue weighted by Crippen LogP contribution is 2.36. The molecule has 1 aromatic carbocycles. The molecule has 0 atom stereocenters. The summed E-state index contributed by atoms with van der Waals surface area (Å²) in [6, 6.07) is 3.31. The smallest absolute Gasteiger partial charge is 0.261 e. The van der Waals surface area contributed by atoms with Crippen LogP contribution in [0, 0.1) is 5.82 Å². The van der Waals surface area contributed by atoms with E-state index in [1.807, 2.05) is 0 Å². The first kappa shape index (κ1) is 18.9. The predicted molar refractivity (Wildman–Crippen MR) is 94.1 cm³/mol. The van der Waals surface area contributed by atoms with Crippen LogP contribution in [0.5, 0.6) is 0 Å².